The number of methoxy groups -OCH3 is 2. The molecule has 384 valence electrons. The molecular formula is C50H48Cl2N10O10S2. The Kier molecular flexibility index (Phi) is 16.7. The summed E-state index contributed by atoms with van der Waals surface area (Å²) < 4.78 is 70.0. The van der Waals surface area contributed by atoms with E-state index >= 15 is 0 Å². The molecule has 0 saturated heterocycles. The zero-order valence-electron chi connectivity index (χ0n) is 40.5. The molecule has 74 heavy (non-hydrogen) atoms. The van der Waals surface area contributed by atoms with E-state index in [1.54, 1.807) is 76.5 Å². The van der Waals surface area contributed by atoms with Gasteiger partial charge in [0.2, 0.25) is 23.6 Å². The molecule has 24 heteroatoms. The van der Waals surface area contributed by atoms with Crippen molar-refractivity contribution in [1.29, 1.82) is 0 Å². The Labute approximate surface area is 434 Å². The van der Waals surface area contributed by atoms with Crippen molar-refractivity contribution in [1.82, 2.24) is 39.7 Å². The predicted octanol–water partition coefficient (Wildman–Crippen LogP) is 6.61. The van der Waals surface area contributed by atoms with E-state index in [2.05, 4.69) is 40.0 Å². The van der Waals surface area contributed by atoms with Gasteiger partial charge in [0.1, 0.15) is 11.4 Å². The highest BCUT2D eigenvalue weighted by atomic mass is 35.5. The van der Waals surface area contributed by atoms with Crippen LogP contribution in [0, 0.1) is 11.8 Å². The molecule has 2 atom stereocenters. The van der Waals surface area contributed by atoms with E-state index in [-0.39, 0.29) is 68.9 Å². The van der Waals surface area contributed by atoms with Crippen molar-refractivity contribution < 1.29 is 35.9 Å². The molecule has 0 bridgehead atoms. The number of nitrogens with one attached hydrogen (secondary N) is 4. The molecule has 0 saturated carbocycles. The summed E-state index contributed by atoms with van der Waals surface area (Å²) >= 11 is 11.7. The van der Waals surface area contributed by atoms with Gasteiger partial charge in [-0.05, 0) is 96.1 Å². The van der Waals surface area contributed by atoms with Crippen molar-refractivity contribution in [3.8, 4) is 34.0 Å². The molecule has 4 N–H and O–H groups in total. The lowest BCUT2D eigenvalue weighted by molar-refractivity contribution is -0.125. The molecule has 20 nitrogen and oxygen atoms in total. The van der Waals surface area contributed by atoms with E-state index in [4.69, 9.17) is 32.7 Å². The number of fused-ring (bicyclic) bond motifs is 2. The van der Waals surface area contributed by atoms with E-state index in [9.17, 15) is 36.0 Å². The average molecular weight is 1080 g/mol. The number of pyridine rings is 2. The second-order valence-corrected chi connectivity index (χ2v) is 20.8. The molecule has 0 aliphatic heterocycles. The van der Waals surface area contributed by atoms with Crippen molar-refractivity contribution in [2.75, 3.05) is 37.8 Å². The summed E-state index contributed by atoms with van der Waals surface area (Å²) in [6.07, 6.45) is 5.87. The Morgan fingerprint density at radius 3 is 1.26 bits per heavy atom. The third-order valence-corrected chi connectivity index (χ3v) is 14.7. The van der Waals surface area contributed by atoms with Gasteiger partial charge in [-0.25, -0.2) is 36.8 Å². The number of benzene rings is 4. The molecule has 4 aromatic carbocycles. The van der Waals surface area contributed by atoms with Crippen LogP contribution in [-0.2, 0) is 42.7 Å². The summed E-state index contributed by atoms with van der Waals surface area (Å²) in [6.45, 7) is 3.79. The normalized spacial score (nSPS) is 12.2. The summed E-state index contributed by atoms with van der Waals surface area (Å²) in [7, 11) is -2.06. The van der Waals surface area contributed by atoms with Crippen LogP contribution in [0.15, 0.2) is 141 Å². The molecular weight excluding hydrogens is 1040 g/mol. The van der Waals surface area contributed by atoms with Gasteiger partial charge < -0.3 is 20.1 Å². The number of ether oxygens (including phenoxy) is 2. The largest absolute Gasteiger partial charge is 0.480 e. The highest BCUT2D eigenvalue weighted by Crippen LogP contribution is 2.33. The molecule has 4 heterocycles. The first-order valence-corrected chi connectivity index (χ1v) is 26.0. The zero-order chi connectivity index (χ0) is 53.5. The monoisotopic (exact) mass is 1080 g/mol. The van der Waals surface area contributed by atoms with E-state index in [0.717, 1.165) is 0 Å². The standard InChI is InChI=1S/2C25H24ClN5O5S/c2*1-15(23(32)27-2)13-31-14-29-21-9-4-16(10-20(21)25(31)33)17-11-22(24(36-3)28-12-17)30-37(34,35)19-7-5-18(26)6-8-19/h2*4-12,14-15,30H,13H2,1-3H3,(H,27,32)/t2*15-/m10/s1. The highest BCUT2D eigenvalue weighted by molar-refractivity contribution is 7.93. The number of hydrogen-bond donors (Lipinski definition) is 4. The number of hydrogen-bond acceptors (Lipinski definition) is 14. The van der Waals surface area contributed by atoms with Gasteiger partial charge in [-0.2, -0.15) is 0 Å². The number of carbonyl (C=O) groups excluding carboxylic acids is 2. The van der Waals surface area contributed by atoms with Gasteiger partial charge in [-0.3, -0.25) is 37.8 Å². The number of carbonyl (C=O) groups is 2. The first-order valence-electron chi connectivity index (χ1n) is 22.3. The van der Waals surface area contributed by atoms with Crippen LogP contribution in [0.4, 0.5) is 11.4 Å². The highest BCUT2D eigenvalue weighted by Gasteiger charge is 2.22. The molecule has 0 aliphatic carbocycles. The average Bonchev–Trinajstić information content (AvgIpc) is 3.39. The zero-order valence-corrected chi connectivity index (χ0v) is 43.6. The Hall–Kier alpha value is -7.92. The fraction of sp³-hybridized carbons (Fsp3) is 0.200. The van der Waals surface area contributed by atoms with Crippen LogP contribution >= 0.6 is 23.2 Å². The summed E-state index contributed by atoms with van der Waals surface area (Å²) in [5.74, 6) is -1.06. The molecule has 0 spiro atoms. The van der Waals surface area contributed by atoms with Gasteiger partial charge in [-0.1, -0.05) is 49.2 Å². The lowest BCUT2D eigenvalue weighted by Crippen LogP contribution is -2.32. The van der Waals surface area contributed by atoms with Crippen molar-refractivity contribution in [2.24, 2.45) is 11.8 Å². The van der Waals surface area contributed by atoms with Crippen molar-refractivity contribution in [3.05, 3.63) is 153 Å². The molecule has 2 amide bonds. The smallest absolute Gasteiger partial charge is 0.262 e. The van der Waals surface area contributed by atoms with E-state index < -0.39 is 31.9 Å². The molecule has 0 aliphatic rings. The lowest BCUT2D eigenvalue weighted by Gasteiger charge is -2.14. The Morgan fingerprint density at radius 1 is 0.554 bits per heavy atom. The summed E-state index contributed by atoms with van der Waals surface area (Å²) in [4.78, 5) is 67.3. The number of anilines is 2. The summed E-state index contributed by atoms with van der Waals surface area (Å²) in [5.41, 5.74) is 2.95. The van der Waals surface area contributed by atoms with Gasteiger partial charge in [-0.15, -0.1) is 0 Å². The van der Waals surface area contributed by atoms with Crippen molar-refractivity contribution in [3.63, 3.8) is 0 Å². The third-order valence-electron chi connectivity index (χ3n) is 11.5. The van der Waals surface area contributed by atoms with Crippen LogP contribution in [0.5, 0.6) is 11.8 Å². The lowest BCUT2D eigenvalue weighted by atomic mass is 10.0. The van der Waals surface area contributed by atoms with Crippen LogP contribution in [0.2, 0.25) is 10.0 Å². The topological polar surface area (TPSA) is 265 Å². The summed E-state index contributed by atoms with van der Waals surface area (Å²) in [5, 5.41) is 6.66. The van der Waals surface area contributed by atoms with E-state index in [1.165, 1.54) is 96.9 Å². The van der Waals surface area contributed by atoms with E-state index in [1.807, 2.05) is 0 Å². The molecule has 8 aromatic rings. The minimum absolute atomic E-state index is 0.0210. The molecule has 0 fully saturated rings. The van der Waals surface area contributed by atoms with Gasteiger partial charge in [0.25, 0.3) is 31.2 Å². The Balaban J connectivity index is 0.000000216. The number of aromatic nitrogens is 6. The Bertz CT molecular complexity index is 3520. The van der Waals surface area contributed by atoms with Gasteiger partial charge in [0.05, 0.1) is 70.3 Å². The number of halogens is 2. The summed E-state index contributed by atoms with van der Waals surface area (Å²) in [6, 6.07) is 24.8. The molecule has 0 radical (unpaired) electrons. The quantitative estimate of drug-likeness (QED) is 0.0794. The predicted molar refractivity (Wildman–Crippen MR) is 283 cm³/mol. The van der Waals surface area contributed by atoms with Crippen LogP contribution in [0.1, 0.15) is 13.8 Å². The van der Waals surface area contributed by atoms with Gasteiger partial charge in [0, 0.05) is 60.8 Å². The van der Waals surface area contributed by atoms with E-state index in [0.29, 0.717) is 54.1 Å². The van der Waals surface area contributed by atoms with Crippen LogP contribution < -0.4 is 40.7 Å². The number of nitrogens with zero attached hydrogens (tertiary/aromatic N) is 6. The number of amides is 2. The van der Waals surface area contributed by atoms with Crippen molar-refractivity contribution >= 4 is 88.2 Å². The number of rotatable bonds is 16. The van der Waals surface area contributed by atoms with Crippen LogP contribution in [0.3, 0.4) is 0 Å². The third kappa shape index (κ3) is 12.3. The fourth-order valence-corrected chi connectivity index (χ4v) is 9.86. The molecule has 4 aromatic heterocycles. The first kappa shape index (κ1) is 53.9. The van der Waals surface area contributed by atoms with Crippen LogP contribution in [-0.4, -0.2) is 86.0 Å². The minimum atomic E-state index is -3.95. The SMILES string of the molecule is CNC(=O)[C@@H](C)Cn1cnc2ccc(-c3cnc(OC)c(NS(=O)(=O)c4ccc(Cl)cc4)c3)cc2c1=O.CNC(=O)[C@H](C)Cn1cnc2ccc(-c3cnc(OC)c(NS(=O)(=O)c4ccc(Cl)cc4)c3)cc2c1=O. The second-order valence-electron chi connectivity index (χ2n) is 16.6. The maximum absolute atomic E-state index is 13.1. The maximum Gasteiger partial charge on any atom is 0.262 e. The van der Waals surface area contributed by atoms with Gasteiger partial charge in [0.15, 0.2) is 0 Å². The maximum atomic E-state index is 13.1. The first-order chi connectivity index (χ1) is 35.2. The van der Waals surface area contributed by atoms with Crippen LogP contribution in [0.25, 0.3) is 44.1 Å². The van der Waals surface area contributed by atoms with Crippen molar-refractivity contribution in [2.45, 2.75) is 36.7 Å². The molecule has 8 rings (SSSR count). The minimum Gasteiger partial charge on any atom is -0.480 e. The Morgan fingerprint density at radius 2 is 0.919 bits per heavy atom. The number of sulfonamides is 2. The fourth-order valence-electron chi connectivity index (χ4n) is 7.51. The van der Waals surface area contributed by atoms with Gasteiger partial charge >= 0.3 is 0 Å². The molecule has 0 unspecified atom stereocenters. The second kappa shape index (κ2) is 22.9.